The van der Waals surface area contributed by atoms with E-state index in [2.05, 4.69) is 20.4 Å². The molecule has 0 radical (unpaired) electrons. The molecule has 0 rings (SSSR count). The van der Waals surface area contributed by atoms with E-state index in [1.165, 1.54) is 32.1 Å². The van der Waals surface area contributed by atoms with Crippen LogP contribution in [0, 0.1) is 5.92 Å². The standard InChI is InChI=1S/C13H24O2/c1-4-5-6-7-8-9-11(2)10-12(3)13(14)15/h11H,3-10H2,1-2H3,(H,14,15). The lowest BCUT2D eigenvalue weighted by atomic mass is 9.96. The summed E-state index contributed by atoms with van der Waals surface area (Å²) >= 11 is 0. The van der Waals surface area contributed by atoms with Crippen LogP contribution in [0.3, 0.4) is 0 Å². The maximum Gasteiger partial charge on any atom is 0.330 e. The second-order valence-corrected chi connectivity index (χ2v) is 4.42. The summed E-state index contributed by atoms with van der Waals surface area (Å²) in [5.74, 6) is -0.400. The van der Waals surface area contributed by atoms with Crippen molar-refractivity contribution >= 4 is 5.97 Å². The minimum Gasteiger partial charge on any atom is -0.478 e. The largest absolute Gasteiger partial charge is 0.478 e. The summed E-state index contributed by atoms with van der Waals surface area (Å²) in [6.45, 7) is 7.87. The number of hydrogen-bond acceptors (Lipinski definition) is 1. The van der Waals surface area contributed by atoms with Crippen molar-refractivity contribution in [1.82, 2.24) is 0 Å². The van der Waals surface area contributed by atoms with Crippen molar-refractivity contribution in [3.8, 4) is 0 Å². The van der Waals surface area contributed by atoms with E-state index >= 15 is 0 Å². The summed E-state index contributed by atoms with van der Waals surface area (Å²) in [5.41, 5.74) is 0.344. The Hall–Kier alpha value is -0.790. The van der Waals surface area contributed by atoms with Gasteiger partial charge >= 0.3 is 5.97 Å². The van der Waals surface area contributed by atoms with Gasteiger partial charge in [0.15, 0.2) is 0 Å². The Morgan fingerprint density at radius 2 is 1.87 bits per heavy atom. The Morgan fingerprint density at radius 3 is 2.40 bits per heavy atom. The number of carboxylic acids is 1. The number of unbranched alkanes of at least 4 members (excludes halogenated alkanes) is 4. The van der Waals surface area contributed by atoms with Crippen LogP contribution in [0.5, 0.6) is 0 Å². The number of carbonyl (C=O) groups is 1. The molecule has 2 nitrogen and oxygen atoms in total. The first-order chi connectivity index (χ1) is 7.07. The van der Waals surface area contributed by atoms with Gasteiger partial charge in [0.1, 0.15) is 0 Å². The zero-order valence-corrected chi connectivity index (χ0v) is 10.1. The van der Waals surface area contributed by atoms with Crippen LogP contribution >= 0.6 is 0 Å². The van der Waals surface area contributed by atoms with E-state index in [1.807, 2.05) is 0 Å². The molecular formula is C13H24O2. The van der Waals surface area contributed by atoms with Gasteiger partial charge in [0, 0.05) is 5.57 Å². The normalized spacial score (nSPS) is 12.4. The van der Waals surface area contributed by atoms with Gasteiger partial charge in [-0.1, -0.05) is 59.0 Å². The Kier molecular flexibility index (Phi) is 8.06. The molecular weight excluding hydrogens is 188 g/mol. The maximum atomic E-state index is 10.6. The van der Waals surface area contributed by atoms with Gasteiger partial charge in [-0.05, 0) is 12.3 Å². The Balaban J connectivity index is 3.45. The first kappa shape index (κ1) is 14.2. The third-order valence-corrected chi connectivity index (χ3v) is 2.70. The highest BCUT2D eigenvalue weighted by Crippen LogP contribution is 2.17. The molecule has 0 aromatic rings. The molecule has 15 heavy (non-hydrogen) atoms. The molecule has 0 saturated heterocycles. The first-order valence-electron chi connectivity index (χ1n) is 5.99. The fraction of sp³-hybridized carbons (Fsp3) is 0.769. The van der Waals surface area contributed by atoms with E-state index in [0.717, 1.165) is 6.42 Å². The monoisotopic (exact) mass is 212 g/mol. The SMILES string of the molecule is C=C(CC(C)CCCCCCC)C(=O)O. The van der Waals surface area contributed by atoms with Crippen molar-refractivity contribution in [2.45, 2.75) is 58.8 Å². The Labute approximate surface area is 93.4 Å². The van der Waals surface area contributed by atoms with Gasteiger partial charge < -0.3 is 5.11 Å². The van der Waals surface area contributed by atoms with Crippen LogP contribution in [-0.4, -0.2) is 11.1 Å². The van der Waals surface area contributed by atoms with E-state index in [4.69, 9.17) is 5.11 Å². The van der Waals surface area contributed by atoms with Gasteiger partial charge in [-0.3, -0.25) is 0 Å². The number of carboxylic acid groups (broad SMARTS) is 1. The molecule has 0 bridgehead atoms. The summed E-state index contributed by atoms with van der Waals surface area (Å²) in [6, 6.07) is 0. The third kappa shape index (κ3) is 8.22. The van der Waals surface area contributed by atoms with Crippen LogP contribution in [0.2, 0.25) is 0 Å². The molecule has 0 saturated carbocycles. The molecule has 0 aliphatic heterocycles. The Bertz CT molecular complexity index is 197. The predicted molar refractivity (Wildman–Crippen MR) is 63.9 cm³/mol. The van der Waals surface area contributed by atoms with E-state index in [-0.39, 0.29) is 0 Å². The summed E-state index contributed by atoms with van der Waals surface area (Å²) in [5, 5.41) is 8.67. The highest BCUT2D eigenvalue weighted by Gasteiger charge is 2.09. The number of aliphatic carboxylic acids is 1. The van der Waals surface area contributed by atoms with Crippen LogP contribution in [-0.2, 0) is 4.79 Å². The quantitative estimate of drug-likeness (QED) is 0.463. The van der Waals surface area contributed by atoms with Crippen LogP contribution in [0.25, 0.3) is 0 Å². The number of rotatable bonds is 9. The van der Waals surface area contributed by atoms with E-state index in [1.54, 1.807) is 0 Å². The maximum absolute atomic E-state index is 10.6. The molecule has 2 heteroatoms. The molecule has 0 heterocycles. The fourth-order valence-corrected chi connectivity index (χ4v) is 1.71. The van der Waals surface area contributed by atoms with Gasteiger partial charge in [0.25, 0.3) is 0 Å². The topological polar surface area (TPSA) is 37.3 Å². The highest BCUT2D eigenvalue weighted by atomic mass is 16.4. The van der Waals surface area contributed by atoms with Crippen molar-refractivity contribution in [2.75, 3.05) is 0 Å². The lowest BCUT2D eigenvalue weighted by Gasteiger charge is -2.10. The smallest absolute Gasteiger partial charge is 0.330 e. The summed E-state index contributed by atoms with van der Waals surface area (Å²) in [6.07, 6.45) is 8.13. The van der Waals surface area contributed by atoms with Crippen LogP contribution in [0.1, 0.15) is 58.8 Å². The molecule has 0 amide bonds. The highest BCUT2D eigenvalue weighted by molar-refractivity contribution is 5.85. The van der Waals surface area contributed by atoms with Crippen LogP contribution in [0.4, 0.5) is 0 Å². The van der Waals surface area contributed by atoms with Crippen molar-refractivity contribution in [2.24, 2.45) is 5.92 Å². The van der Waals surface area contributed by atoms with Gasteiger partial charge in [-0.2, -0.15) is 0 Å². The minimum absolute atomic E-state index is 0.344. The molecule has 1 unspecified atom stereocenters. The van der Waals surface area contributed by atoms with Crippen LogP contribution < -0.4 is 0 Å². The average molecular weight is 212 g/mol. The molecule has 0 aliphatic rings. The first-order valence-corrected chi connectivity index (χ1v) is 5.99. The van der Waals surface area contributed by atoms with E-state index in [9.17, 15) is 4.79 Å². The summed E-state index contributed by atoms with van der Waals surface area (Å²) in [4.78, 5) is 10.6. The van der Waals surface area contributed by atoms with Gasteiger partial charge in [-0.25, -0.2) is 4.79 Å². The second-order valence-electron chi connectivity index (χ2n) is 4.42. The van der Waals surface area contributed by atoms with Gasteiger partial charge in [-0.15, -0.1) is 0 Å². The minimum atomic E-state index is -0.854. The zero-order valence-electron chi connectivity index (χ0n) is 10.1. The molecule has 0 spiro atoms. The van der Waals surface area contributed by atoms with Crippen molar-refractivity contribution in [1.29, 1.82) is 0 Å². The van der Waals surface area contributed by atoms with Crippen molar-refractivity contribution in [3.05, 3.63) is 12.2 Å². The lowest BCUT2D eigenvalue weighted by molar-refractivity contribution is -0.132. The fourth-order valence-electron chi connectivity index (χ4n) is 1.71. The predicted octanol–water partition coefficient (Wildman–Crippen LogP) is 4.01. The molecule has 0 aromatic heterocycles. The van der Waals surface area contributed by atoms with E-state index in [0.29, 0.717) is 17.9 Å². The number of hydrogen-bond donors (Lipinski definition) is 1. The molecule has 0 aromatic carbocycles. The third-order valence-electron chi connectivity index (χ3n) is 2.70. The summed E-state index contributed by atoms with van der Waals surface area (Å²) in [7, 11) is 0. The van der Waals surface area contributed by atoms with Crippen LogP contribution in [0.15, 0.2) is 12.2 Å². The lowest BCUT2D eigenvalue weighted by Crippen LogP contribution is -2.04. The summed E-state index contributed by atoms with van der Waals surface area (Å²) < 4.78 is 0. The van der Waals surface area contributed by atoms with E-state index < -0.39 is 5.97 Å². The molecule has 1 atom stereocenters. The van der Waals surface area contributed by atoms with Crippen molar-refractivity contribution in [3.63, 3.8) is 0 Å². The zero-order chi connectivity index (χ0) is 11.7. The molecule has 88 valence electrons. The molecule has 1 N–H and O–H groups in total. The average Bonchev–Trinajstić information content (AvgIpc) is 2.17. The van der Waals surface area contributed by atoms with Gasteiger partial charge in [0.05, 0.1) is 0 Å². The van der Waals surface area contributed by atoms with Gasteiger partial charge in [0.2, 0.25) is 0 Å². The Morgan fingerprint density at radius 1 is 1.27 bits per heavy atom. The molecule has 0 fully saturated rings. The second kappa shape index (κ2) is 8.51. The van der Waals surface area contributed by atoms with Crippen molar-refractivity contribution < 1.29 is 9.90 Å². The molecule has 0 aliphatic carbocycles.